The van der Waals surface area contributed by atoms with E-state index in [4.69, 9.17) is 9.94 Å². The number of benzene rings is 2. The van der Waals surface area contributed by atoms with Gasteiger partial charge >= 0.3 is 0 Å². The molecule has 1 amide bonds. The van der Waals surface area contributed by atoms with Crippen LogP contribution in [0.4, 0.5) is 0 Å². The fourth-order valence-corrected chi connectivity index (χ4v) is 4.72. The molecule has 0 spiro atoms. The second-order valence-electron chi connectivity index (χ2n) is 6.53. The van der Waals surface area contributed by atoms with Crippen LogP contribution in [0.5, 0.6) is 5.75 Å². The van der Waals surface area contributed by atoms with Crippen molar-refractivity contribution in [2.45, 2.75) is 36.5 Å². The fourth-order valence-electron chi connectivity index (χ4n) is 3.11. The van der Waals surface area contributed by atoms with Crippen LogP contribution in [0.1, 0.15) is 18.4 Å². The van der Waals surface area contributed by atoms with Crippen LogP contribution < -0.4 is 10.2 Å². The molecule has 150 valence electrons. The van der Waals surface area contributed by atoms with Crippen LogP contribution >= 0.6 is 0 Å². The Morgan fingerprint density at radius 3 is 2.46 bits per heavy atom. The molecule has 0 saturated carbocycles. The van der Waals surface area contributed by atoms with Crippen molar-refractivity contribution in [3.63, 3.8) is 0 Å². The fraction of sp³-hybridized carbons (Fsp3) is 0.316. The number of hydrogen-bond acceptors (Lipinski definition) is 6. The van der Waals surface area contributed by atoms with Crippen molar-refractivity contribution < 1.29 is 28.3 Å². The lowest BCUT2D eigenvalue weighted by Gasteiger charge is -2.35. The first-order chi connectivity index (χ1) is 13.4. The summed E-state index contributed by atoms with van der Waals surface area (Å²) >= 11 is 0. The van der Waals surface area contributed by atoms with Crippen LogP contribution in [0.25, 0.3) is 0 Å². The molecule has 0 aliphatic carbocycles. The number of nitrogens with zero attached hydrogens (tertiary/aromatic N) is 1. The second kappa shape index (κ2) is 8.70. The number of hydrogen-bond donors (Lipinski definition) is 3. The van der Waals surface area contributed by atoms with Gasteiger partial charge in [0.05, 0.1) is 11.0 Å². The van der Waals surface area contributed by atoms with Gasteiger partial charge in [0.2, 0.25) is 10.0 Å². The number of piperidine rings is 1. The molecule has 1 fully saturated rings. The zero-order valence-corrected chi connectivity index (χ0v) is 15.9. The number of amides is 1. The Morgan fingerprint density at radius 1 is 1.14 bits per heavy atom. The van der Waals surface area contributed by atoms with Crippen LogP contribution in [0.3, 0.4) is 0 Å². The first kappa shape index (κ1) is 20.3. The quantitative estimate of drug-likeness (QED) is 0.492. The zero-order valence-electron chi connectivity index (χ0n) is 15.1. The van der Waals surface area contributed by atoms with Crippen molar-refractivity contribution in [3.8, 4) is 5.75 Å². The van der Waals surface area contributed by atoms with Crippen molar-refractivity contribution in [1.29, 1.82) is 0 Å². The van der Waals surface area contributed by atoms with Crippen molar-refractivity contribution in [2.75, 3.05) is 6.54 Å². The minimum atomic E-state index is -3.98. The minimum absolute atomic E-state index is 0.00620. The van der Waals surface area contributed by atoms with Gasteiger partial charge in [0.25, 0.3) is 5.91 Å². The topological polar surface area (TPSA) is 116 Å². The molecule has 3 rings (SSSR count). The minimum Gasteiger partial charge on any atom is -0.489 e. The summed E-state index contributed by atoms with van der Waals surface area (Å²) in [7, 11) is -3.98. The highest BCUT2D eigenvalue weighted by atomic mass is 32.2. The van der Waals surface area contributed by atoms with Crippen LogP contribution in [-0.4, -0.2) is 47.6 Å². The van der Waals surface area contributed by atoms with Crippen LogP contribution in [-0.2, 0) is 21.4 Å². The van der Waals surface area contributed by atoms with E-state index in [0.717, 1.165) is 9.87 Å². The summed E-state index contributed by atoms with van der Waals surface area (Å²) in [6.45, 7) is 0.337. The van der Waals surface area contributed by atoms with Crippen molar-refractivity contribution >= 4 is 15.9 Å². The molecule has 3 N–H and O–H groups in total. The summed E-state index contributed by atoms with van der Waals surface area (Å²) in [5.41, 5.74) is 2.46. The Labute approximate surface area is 163 Å². The monoisotopic (exact) mass is 406 g/mol. The molecule has 0 radical (unpaired) electrons. The van der Waals surface area contributed by atoms with Gasteiger partial charge in [-0.2, -0.15) is 4.31 Å². The molecule has 8 nitrogen and oxygen atoms in total. The van der Waals surface area contributed by atoms with Gasteiger partial charge in [-0.05, 0) is 42.7 Å². The van der Waals surface area contributed by atoms with Gasteiger partial charge in [-0.1, -0.05) is 30.3 Å². The summed E-state index contributed by atoms with van der Waals surface area (Å²) in [6.07, 6.45) is -0.668. The number of sulfonamides is 1. The van der Waals surface area contributed by atoms with E-state index >= 15 is 0 Å². The highest BCUT2D eigenvalue weighted by Gasteiger charge is 2.40. The average molecular weight is 406 g/mol. The largest absolute Gasteiger partial charge is 0.489 e. The molecule has 2 aromatic carbocycles. The van der Waals surface area contributed by atoms with E-state index in [0.29, 0.717) is 12.4 Å². The predicted molar refractivity (Wildman–Crippen MR) is 100 cm³/mol. The highest BCUT2D eigenvalue weighted by molar-refractivity contribution is 7.89. The number of aliphatic hydroxyl groups is 1. The molecule has 28 heavy (non-hydrogen) atoms. The van der Waals surface area contributed by atoms with E-state index in [2.05, 4.69) is 0 Å². The van der Waals surface area contributed by atoms with Crippen molar-refractivity contribution in [3.05, 3.63) is 60.2 Å². The Bertz CT molecular complexity index is 902. The lowest BCUT2D eigenvalue weighted by Crippen LogP contribution is -2.54. The maximum absolute atomic E-state index is 13.0. The number of ether oxygens (including phenoxy) is 1. The van der Waals surface area contributed by atoms with E-state index in [-0.39, 0.29) is 24.3 Å². The maximum Gasteiger partial charge on any atom is 0.261 e. The number of nitrogens with one attached hydrogen (secondary N) is 1. The number of carbonyl (C=O) groups excluding carboxylic acids is 1. The maximum atomic E-state index is 13.0. The SMILES string of the molecule is O=C(NO)C1CC(O)CCN1S(=O)(=O)c1ccc(OCc2ccccc2)cc1. The van der Waals surface area contributed by atoms with Gasteiger partial charge < -0.3 is 9.84 Å². The Balaban J connectivity index is 1.74. The predicted octanol–water partition coefficient (Wildman–Crippen LogP) is 1.28. The molecule has 2 unspecified atom stereocenters. The molecule has 0 aromatic heterocycles. The Hall–Kier alpha value is -2.46. The molecule has 2 atom stereocenters. The zero-order chi connectivity index (χ0) is 20.1. The summed E-state index contributed by atoms with van der Waals surface area (Å²) in [4.78, 5) is 11.9. The van der Waals surface area contributed by atoms with Gasteiger partial charge in [0, 0.05) is 6.54 Å². The molecule has 2 aromatic rings. The molecule has 1 aliphatic rings. The van der Waals surface area contributed by atoms with Gasteiger partial charge in [0.15, 0.2) is 0 Å². The smallest absolute Gasteiger partial charge is 0.261 e. The Kier molecular flexibility index (Phi) is 6.30. The van der Waals surface area contributed by atoms with E-state index < -0.39 is 28.1 Å². The van der Waals surface area contributed by atoms with Crippen LogP contribution in [0, 0.1) is 0 Å². The molecule has 0 bridgehead atoms. The summed E-state index contributed by atoms with van der Waals surface area (Å²) in [5, 5.41) is 18.7. The third-order valence-electron chi connectivity index (χ3n) is 4.62. The third kappa shape index (κ3) is 4.50. The van der Waals surface area contributed by atoms with E-state index in [1.165, 1.54) is 17.6 Å². The van der Waals surface area contributed by atoms with Gasteiger partial charge in [0.1, 0.15) is 18.4 Å². The first-order valence-electron chi connectivity index (χ1n) is 8.82. The van der Waals surface area contributed by atoms with E-state index in [1.54, 1.807) is 12.1 Å². The third-order valence-corrected chi connectivity index (χ3v) is 6.54. The summed E-state index contributed by atoms with van der Waals surface area (Å²) in [6, 6.07) is 14.3. The van der Waals surface area contributed by atoms with E-state index in [1.807, 2.05) is 30.3 Å². The summed E-state index contributed by atoms with van der Waals surface area (Å²) < 4.78 is 32.6. The lowest BCUT2D eigenvalue weighted by molar-refractivity contribution is -0.135. The number of aliphatic hydroxyl groups excluding tert-OH is 1. The van der Waals surface area contributed by atoms with Crippen molar-refractivity contribution in [1.82, 2.24) is 9.79 Å². The second-order valence-corrected chi connectivity index (χ2v) is 8.42. The van der Waals surface area contributed by atoms with Gasteiger partial charge in [-0.3, -0.25) is 10.0 Å². The summed E-state index contributed by atoms with van der Waals surface area (Å²) in [5.74, 6) is -0.355. The normalized spacial score (nSPS) is 20.5. The highest BCUT2D eigenvalue weighted by Crippen LogP contribution is 2.27. The molecule has 1 heterocycles. The molecule has 9 heteroatoms. The average Bonchev–Trinajstić information content (AvgIpc) is 2.72. The number of hydroxylamine groups is 1. The van der Waals surface area contributed by atoms with E-state index in [9.17, 15) is 18.3 Å². The molecular weight excluding hydrogens is 384 g/mol. The van der Waals surface area contributed by atoms with Crippen LogP contribution in [0.15, 0.2) is 59.5 Å². The number of rotatable bonds is 6. The number of carbonyl (C=O) groups is 1. The standard InChI is InChI=1S/C19H22N2O6S/c22-15-10-11-21(18(12-15)19(23)20-24)28(25,26)17-8-6-16(7-9-17)27-13-14-4-2-1-3-5-14/h1-9,15,18,22,24H,10-13H2,(H,20,23). The van der Waals surface area contributed by atoms with Crippen LogP contribution in [0.2, 0.25) is 0 Å². The molecule has 1 saturated heterocycles. The van der Waals surface area contributed by atoms with Gasteiger partial charge in [-0.15, -0.1) is 0 Å². The Morgan fingerprint density at radius 2 is 1.82 bits per heavy atom. The van der Waals surface area contributed by atoms with Crippen molar-refractivity contribution in [2.24, 2.45) is 0 Å². The molecule has 1 aliphatic heterocycles. The lowest BCUT2D eigenvalue weighted by atomic mass is 10.0. The molecular formula is C19H22N2O6S. The first-order valence-corrected chi connectivity index (χ1v) is 10.3. The van der Waals surface area contributed by atoms with Gasteiger partial charge in [-0.25, -0.2) is 13.9 Å².